The first-order valence-electron chi connectivity index (χ1n) is 8.37. The highest BCUT2D eigenvalue weighted by atomic mass is 35.5. The number of hydrogen-bond donors (Lipinski definition) is 1. The van der Waals surface area contributed by atoms with Gasteiger partial charge < -0.3 is 14.7 Å². The molecule has 1 saturated heterocycles. The molecule has 140 valence electrons. The van der Waals surface area contributed by atoms with E-state index in [1.54, 1.807) is 17.0 Å². The molecule has 3 rings (SSSR count). The lowest BCUT2D eigenvalue weighted by Crippen LogP contribution is -2.49. The zero-order valence-electron chi connectivity index (χ0n) is 14.7. The number of aliphatic hydroxyl groups is 1. The molecule has 0 aromatic heterocycles. The fraction of sp³-hybridized carbons (Fsp3) is 0.368. The Balaban J connectivity index is 0.00000243. The first-order chi connectivity index (χ1) is 12.1. The average Bonchev–Trinajstić information content (AvgIpc) is 2.66. The summed E-state index contributed by atoms with van der Waals surface area (Å²) in [7, 11) is 1.32. The lowest BCUT2D eigenvalue weighted by atomic mass is 9.99. The van der Waals surface area contributed by atoms with Crippen LogP contribution < -0.4 is 0 Å². The number of nitrogens with zero attached hydrogens (tertiary/aromatic N) is 2. The first kappa shape index (κ1) is 20.2. The fourth-order valence-corrected chi connectivity index (χ4v) is 3.18. The summed E-state index contributed by atoms with van der Waals surface area (Å²) in [5.74, 6) is -0.664. The molecule has 0 spiro atoms. The molecule has 1 aliphatic rings. The normalized spacial score (nSPS) is 14.8. The summed E-state index contributed by atoms with van der Waals surface area (Å²) >= 11 is 0. The van der Waals surface area contributed by atoms with Crippen LogP contribution in [0.25, 0.3) is 10.8 Å². The Hall–Kier alpha value is -2.15. The molecule has 1 amide bonds. The SMILES string of the molecule is COC(=O)c1cc2ccccc2cc1C(=O)N1CCN(CCO)CC1.Cl. The van der Waals surface area contributed by atoms with Crippen molar-refractivity contribution in [2.45, 2.75) is 0 Å². The molecule has 7 heteroatoms. The number of β-amino-alcohol motifs (C(OH)–C–C–N with tert-alkyl or cyclic N) is 1. The van der Waals surface area contributed by atoms with E-state index in [2.05, 4.69) is 4.90 Å². The number of ether oxygens (including phenoxy) is 1. The highest BCUT2D eigenvalue weighted by Gasteiger charge is 2.26. The number of hydrogen-bond acceptors (Lipinski definition) is 5. The lowest BCUT2D eigenvalue weighted by Gasteiger charge is -2.34. The molecule has 0 bridgehead atoms. The van der Waals surface area contributed by atoms with Crippen molar-refractivity contribution >= 4 is 35.1 Å². The van der Waals surface area contributed by atoms with Crippen molar-refractivity contribution < 1.29 is 19.4 Å². The van der Waals surface area contributed by atoms with Gasteiger partial charge in [0.05, 0.1) is 24.8 Å². The molecular weight excluding hydrogens is 356 g/mol. The number of aliphatic hydroxyl groups excluding tert-OH is 1. The summed E-state index contributed by atoms with van der Waals surface area (Å²) in [6.45, 7) is 3.32. The third kappa shape index (κ3) is 4.15. The molecule has 1 heterocycles. The number of halogens is 1. The zero-order valence-corrected chi connectivity index (χ0v) is 15.5. The number of carbonyl (C=O) groups is 2. The van der Waals surface area contributed by atoms with E-state index in [0.717, 1.165) is 10.8 Å². The first-order valence-corrected chi connectivity index (χ1v) is 8.37. The third-order valence-electron chi connectivity index (χ3n) is 4.60. The number of amides is 1. The Bertz CT molecular complexity index is 788. The quantitative estimate of drug-likeness (QED) is 0.821. The summed E-state index contributed by atoms with van der Waals surface area (Å²) in [5, 5.41) is 10.8. The van der Waals surface area contributed by atoms with E-state index in [-0.39, 0.29) is 24.9 Å². The maximum Gasteiger partial charge on any atom is 0.338 e. The minimum Gasteiger partial charge on any atom is -0.465 e. The fourth-order valence-electron chi connectivity index (χ4n) is 3.18. The van der Waals surface area contributed by atoms with E-state index >= 15 is 0 Å². The van der Waals surface area contributed by atoms with Crippen LogP contribution in [0.3, 0.4) is 0 Å². The Morgan fingerprint density at radius 1 is 1.04 bits per heavy atom. The van der Waals surface area contributed by atoms with Crippen LogP contribution in [0.1, 0.15) is 20.7 Å². The van der Waals surface area contributed by atoms with Crippen LogP contribution in [0, 0.1) is 0 Å². The minimum absolute atomic E-state index is 0. The Morgan fingerprint density at radius 3 is 2.15 bits per heavy atom. The summed E-state index contributed by atoms with van der Waals surface area (Å²) in [5.41, 5.74) is 0.671. The van der Waals surface area contributed by atoms with Gasteiger partial charge in [0, 0.05) is 32.7 Å². The predicted octanol–water partition coefficient (Wildman–Crippen LogP) is 1.80. The Kier molecular flexibility index (Phi) is 6.97. The number of fused-ring (bicyclic) bond motifs is 1. The second-order valence-corrected chi connectivity index (χ2v) is 6.09. The molecule has 0 unspecified atom stereocenters. The van der Waals surface area contributed by atoms with Gasteiger partial charge in [0.15, 0.2) is 0 Å². The van der Waals surface area contributed by atoms with Crippen molar-refractivity contribution in [3.05, 3.63) is 47.5 Å². The molecule has 1 N–H and O–H groups in total. The molecule has 0 saturated carbocycles. The number of rotatable bonds is 4. The van der Waals surface area contributed by atoms with Crippen LogP contribution >= 0.6 is 12.4 Å². The molecule has 2 aromatic carbocycles. The van der Waals surface area contributed by atoms with Gasteiger partial charge in [0.25, 0.3) is 5.91 Å². The summed E-state index contributed by atoms with van der Waals surface area (Å²) in [4.78, 5) is 29.0. The molecule has 1 aliphatic heterocycles. The Labute approximate surface area is 158 Å². The zero-order chi connectivity index (χ0) is 17.8. The van der Waals surface area contributed by atoms with Gasteiger partial charge in [-0.2, -0.15) is 0 Å². The van der Waals surface area contributed by atoms with E-state index in [1.807, 2.05) is 24.3 Å². The van der Waals surface area contributed by atoms with Crippen LogP contribution in [0.2, 0.25) is 0 Å². The molecule has 26 heavy (non-hydrogen) atoms. The lowest BCUT2D eigenvalue weighted by molar-refractivity contribution is 0.0566. The molecule has 2 aromatic rings. The Morgan fingerprint density at radius 2 is 1.62 bits per heavy atom. The number of carbonyl (C=O) groups excluding carboxylic acids is 2. The van der Waals surface area contributed by atoms with Crippen LogP contribution in [-0.2, 0) is 4.74 Å². The maximum atomic E-state index is 13.0. The average molecular weight is 379 g/mol. The van der Waals surface area contributed by atoms with Crippen molar-refractivity contribution in [3.8, 4) is 0 Å². The largest absolute Gasteiger partial charge is 0.465 e. The summed E-state index contributed by atoms with van der Waals surface area (Å²) in [6, 6.07) is 11.1. The molecule has 1 fully saturated rings. The number of piperazine rings is 1. The van der Waals surface area contributed by atoms with Crippen molar-refractivity contribution in [3.63, 3.8) is 0 Å². The predicted molar refractivity (Wildman–Crippen MR) is 102 cm³/mol. The van der Waals surface area contributed by atoms with Gasteiger partial charge in [-0.25, -0.2) is 4.79 Å². The number of esters is 1. The molecule has 0 radical (unpaired) electrons. The molecule has 0 atom stereocenters. The van der Waals surface area contributed by atoms with Crippen molar-refractivity contribution in [2.24, 2.45) is 0 Å². The van der Waals surface area contributed by atoms with Crippen LogP contribution in [-0.4, -0.2) is 73.2 Å². The molecular formula is C19H23ClN2O4. The second-order valence-electron chi connectivity index (χ2n) is 6.09. The molecule has 6 nitrogen and oxygen atoms in total. The van der Waals surface area contributed by atoms with Gasteiger partial charge in [-0.05, 0) is 22.9 Å². The van der Waals surface area contributed by atoms with E-state index in [1.165, 1.54) is 7.11 Å². The van der Waals surface area contributed by atoms with Crippen molar-refractivity contribution in [1.82, 2.24) is 9.80 Å². The summed E-state index contributed by atoms with van der Waals surface area (Å²) < 4.78 is 4.87. The van der Waals surface area contributed by atoms with Crippen LogP contribution in [0.15, 0.2) is 36.4 Å². The number of benzene rings is 2. The minimum atomic E-state index is -0.506. The van der Waals surface area contributed by atoms with Gasteiger partial charge in [0.2, 0.25) is 0 Å². The van der Waals surface area contributed by atoms with Crippen molar-refractivity contribution in [2.75, 3.05) is 46.4 Å². The highest BCUT2D eigenvalue weighted by Crippen LogP contribution is 2.23. The number of methoxy groups -OCH3 is 1. The topological polar surface area (TPSA) is 70.1 Å². The van der Waals surface area contributed by atoms with Gasteiger partial charge in [-0.1, -0.05) is 24.3 Å². The van der Waals surface area contributed by atoms with Gasteiger partial charge in [-0.3, -0.25) is 9.69 Å². The smallest absolute Gasteiger partial charge is 0.338 e. The van der Waals surface area contributed by atoms with Gasteiger partial charge in [0.1, 0.15) is 0 Å². The molecule has 0 aliphatic carbocycles. The van der Waals surface area contributed by atoms with E-state index in [9.17, 15) is 9.59 Å². The van der Waals surface area contributed by atoms with E-state index in [4.69, 9.17) is 9.84 Å². The van der Waals surface area contributed by atoms with Crippen LogP contribution in [0.4, 0.5) is 0 Å². The third-order valence-corrected chi connectivity index (χ3v) is 4.60. The van der Waals surface area contributed by atoms with Crippen LogP contribution in [0.5, 0.6) is 0 Å². The van der Waals surface area contributed by atoms with Gasteiger partial charge >= 0.3 is 5.97 Å². The monoisotopic (exact) mass is 378 g/mol. The van der Waals surface area contributed by atoms with E-state index in [0.29, 0.717) is 43.9 Å². The van der Waals surface area contributed by atoms with E-state index < -0.39 is 5.97 Å². The van der Waals surface area contributed by atoms with Crippen molar-refractivity contribution in [1.29, 1.82) is 0 Å². The summed E-state index contributed by atoms with van der Waals surface area (Å²) in [6.07, 6.45) is 0. The second kappa shape index (κ2) is 8.98. The highest BCUT2D eigenvalue weighted by molar-refractivity contribution is 6.09. The standard InChI is InChI=1S/C19H22N2O4.ClH/c1-25-19(24)17-13-15-5-3-2-4-14(15)12-16(17)18(23)21-8-6-20(7-9-21)10-11-22;/h2-5,12-13,22H,6-11H2,1H3;1H. The van der Waals surface area contributed by atoms with Gasteiger partial charge in [-0.15, -0.1) is 12.4 Å². The maximum absolute atomic E-state index is 13.0.